The van der Waals surface area contributed by atoms with Crippen LogP contribution in [-0.4, -0.2) is 24.4 Å². The molecule has 0 unspecified atom stereocenters. The van der Waals surface area contributed by atoms with Crippen LogP contribution in [0.25, 0.3) is 0 Å². The first-order valence-corrected chi connectivity index (χ1v) is 7.12. The van der Waals surface area contributed by atoms with E-state index in [-0.39, 0.29) is 18.4 Å². The van der Waals surface area contributed by atoms with Crippen LogP contribution in [0, 0.1) is 6.92 Å². The Morgan fingerprint density at radius 1 is 1.40 bits per heavy atom. The zero-order chi connectivity index (χ0) is 14.5. The quantitative estimate of drug-likeness (QED) is 0.913. The van der Waals surface area contributed by atoms with Crippen molar-refractivity contribution in [2.45, 2.75) is 45.1 Å². The summed E-state index contributed by atoms with van der Waals surface area (Å²) in [6, 6.07) is 6.30. The van der Waals surface area contributed by atoms with Crippen LogP contribution in [0.15, 0.2) is 18.2 Å². The minimum Gasteiger partial charge on any atom is -0.352 e. The van der Waals surface area contributed by atoms with Crippen molar-refractivity contribution >= 4 is 17.5 Å². The van der Waals surface area contributed by atoms with Crippen LogP contribution in [0.1, 0.15) is 37.8 Å². The summed E-state index contributed by atoms with van der Waals surface area (Å²) in [5, 5.41) is 2.94. The Kier molecular flexibility index (Phi) is 2.85. The number of hydrogen-bond donors (Lipinski definition) is 1. The second kappa shape index (κ2) is 4.33. The van der Waals surface area contributed by atoms with Crippen LogP contribution in [-0.2, 0) is 15.0 Å². The zero-order valence-corrected chi connectivity index (χ0v) is 12.2. The van der Waals surface area contributed by atoms with E-state index in [9.17, 15) is 9.59 Å². The maximum atomic E-state index is 12.6. The van der Waals surface area contributed by atoms with Gasteiger partial charge in [-0.1, -0.05) is 17.7 Å². The molecule has 0 spiro atoms. The lowest BCUT2D eigenvalue weighted by atomic mass is 9.85. The van der Waals surface area contributed by atoms with Crippen molar-refractivity contribution < 1.29 is 9.59 Å². The number of nitrogens with zero attached hydrogens (tertiary/aromatic N) is 1. The first-order valence-electron chi connectivity index (χ1n) is 7.12. The molecule has 1 aliphatic heterocycles. The predicted molar refractivity (Wildman–Crippen MR) is 77.7 cm³/mol. The average Bonchev–Trinajstić information content (AvgIpc) is 3.16. The topological polar surface area (TPSA) is 49.4 Å². The Bertz CT molecular complexity index is 588. The van der Waals surface area contributed by atoms with Gasteiger partial charge in [0.25, 0.3) is 0 Å². The summed E-state index contributed by atoms with van der Waals surface area (Å²) in [4.78, 5) is 26.2. The molecule has 4 nitrogen and oxygen atoms in total. The van der Waals surface area contributed by atoms with Gasteiger partial charge in [-0.3, -0.25) is 9.59 Å². The lowest BCUT2D eigenvalue weighted by molar-refractivity contribution is -0.125. The van der Waals surface area contributed by atoms with Crippen LogP contribution in [0.5, 0.6) is 0 Å². The number of hydrogen-bond acceptors (Lipinski definition) is 2. The maximum Gasteiger partial charge on any atom is 0.240 e. The molecule has 1 saturated carbocycles. The van der Waals surface area contributed by atoms with Crippen LogP contribution in [0.3, 0.4) is 0 Å². The third-order valence-electron chi connectivity index (χ3n) is 4.14. The molecule has 0 aromatic heterocycles. The highest BCUT2D eigenvalue weighted by Gasteiger charge is 2.44. The highest BCUT2D eigenvalue weighted by Crippen LogP contribution is 2.41. The van der Waals surface area contributed by atoms with Gasteiger partial charge in [0, 0.05) is 11.7 Å². The number of fused-ring (bicyclic) bond motifs is 1. The number of carbonyl (C=O) groups is 2. The van der Waals surface area contributed by atoms with E-state index < -0.39 is 5.41 Å². The number of anilines is 1. The first-order chi connectivity index (χ1) is 9.39. The number of aryl methyl sites for hydroxylation is 1. The molecule has 3 rings (SSSR count). The highest BCUT2D eigenvalue weighted by atomic mass is 16.2. The van der Waals surface area contributed by atoms with Crippen molar-refractivity contribution in [3.63, 3.8) is 0 Å². The normalized spacial score (nSPS) is 19.9. The fraction of sp³-hybridized carbons (Fsp3) is 0.500. The van der Waals surface area contributed by atoms with E-state index >= 15 is 0 Å². The van der Waals surface area contributed by atoms with Gasteiger partial charge in [0.1, 0.15) is 6.54 Å². The van der Waals surface area contributed by atoms with Gasteiger partial charge < -0.3 is 10.2 Å². The predicted octanol–water partition coefficient (Wildman–Crippen LogP) is 1.90. The van der Waals surface area contributed by atoms with Crippen molar-refractivity contribution in [3.05, 3.63) is 29.3 Å². The molecule has 0 saturated heterocycles. The Morgan fingerprint density at radius 2 is 2.10 bits per heavy atom. The van der Waals surface area contributed by atoms with Crippen LogP contribution in [0.4, 0.5) is 5.69 Å². The number of amides is 2. The SMILES string of the molecule is Cc1ccc2c(c1)C(C)(C)C(=O)N2CC(=O)NC1CC1. The summed E-state index contributed by atoms with van der Waals surface area (Å²) in [5.74, 6) is -0.0610. The van der Waals surface area contributed by atoms with Gasteiger partial charge in [0.05, 0.1) is 5.41 Å². The molecule has 0 radical (unpaired) electrons. The molecule has 0 bridgehead atoms. The van der Waals surface area contributed by atoms with Crippen molar-refractivity contribution in [1.82, 2.24) is 5.32 Å². The number of nitrogens with one attached hydrogen (secondary N) is 1. The summed E-state index contributed by atoms with van der Waals surface area (Å²) in [7, 11) is 0. The van der Waals surface area contributed by atoms with Crippen LogP contribution in [0.2, 0.25) is 0 Å². The molecular formula is C16H20N2O2. The van der Waals surface area contributed by atoms with Crippen LogP contribution < -0.4 is 10.2 Å². The Morgan fingerprint density at radius 3 is 2.75 bits per heavy atom. The fourth-order valence-corrected chi connectivity index (χ4v) is 2.75. The largest absolute Gasteiger partial charge is 0.352 e. The number of benzene rings is 1. The first kappa shape index (κ1) is 13.2. The van der Waals surface area contributed by atoms with E-state index in [1.807, 2.05) is 39.0 Å². The molecule has 1 aromatic rings. The molecule has 106 valence electrons. The zero-order valence-electron chi connectivity index (χ0n) is 12.2. The van der Waals surface area contributed by atoms with E-state index in [1.165, 1.54) is 0 Å². The highest BCUT2D eigenvalue weighted by molar-refractivity contribution is 6.10. The van der Waals surface area contributed by atoms with Gasteiger partial charge >= 0.3 is 0 Å². The fourth-order valence-electron chi connectivity index (χ4n) is 2.75. The third-order valence-corrected chi connectivity index (χ3v) is 4.14. The minimum atomic E-state index is -0.554. The number of carbonyl (C=O) groups excluding carboxylic acids is 2. The van der Waals surface area contributed by atoms with Crippen molar-refractivity contribution in [1.29, 1.82) is 0 Å². The smallest absolute Gasteiger partial charge is 0.240 e. The van der Waals surface area contributed by atoms with E-state index in [0.717, 1.165) is 29.7 Å². The molecule has 1 heterocycles. The molecule has 4 heteroatoms. The second-order valence-corrected chi connectivity index (χ2v) is 6.38. The van der Waals surface area contributed by atoms with Gasteiger partial charge in [-0.2, -0.15) is 0 Å². The van der Waals surface area contributed by atoms with Gasteiger partial charge in [0.15, 0.2) is 0 Å². The molecule has 1 aliphatic carbocycles. The Labute approximate surface area is 119 Å². The van der Waals surface area contributed by atoms with Gasteiger partial charge in [-0.25, -0.2) is 0 Å². The average molecular weight is 272 g/mol. The summed E-state index contributed by atoms with van der Waals surface area (Å²) >= 11 is 0. The monoisotopic (exact) mass is 272 g/mol. The molecule has 0 atom stereocenters. The standard InChI is InChI=1S/C16H20N2O2/c1-10-4-7-13-12(8-10)16(2,3)15(20)18(13)9-14(19)17-11-5-6-11/h4,7-8,11H,5-6,9H2,1-3H3,(H,17,19). The molecule has 1 fully saturated rings. The summed E-state index contributed by atoms with van der Waals surface area (Å²) < 4.78 is 0. The second-order valence-electron chi connectivity index (χ2n) is 6.38. The molecule has 2 aliphatic rings. The molecule has 2 amide bonds. The lowest BCUT2D eigenvalue weighted by Crippen LogP contribution is -2.43. The molecule has 20 heavy (non-hydrogen) atoms. The third kappa shape index (κ3) is 2.09. The van der Waals surface area contributed by atoms with Crippen molar-refractivity contribution in [2.24, 2.45) is 0 Å². The van der Waals surface area contributed by atoms with Crippen LogP contribution >= 0.6 is 0 Å². The summed E-state index contributed by atoms with van der Waals surface area (Å²) in [6.07, 6.45) is 2.11. The number of rotatable bonds is 3. The maximum absolute atomic E-state index is 12.6. The van der Waals surface area contributed by atoms with Crippen molar-refractivity contribution in [3.8, 4) is 0 Å². The lowest BCUT2D eigenvalue weighted by Gasteiger charge is -2.20. The van der Waals surface area contributed by atoms with Gasteiger partial charge in [-0.15, -0.1) is 0 Å². The Hall–Kier alpha value is -1.84. The molecule has 1 aromatic carbocycles. The van der Waals surface area contributed by atoms with E-state index in [2.05, 4.69) is 5.32 Å². The van der Waals surface area contributed by atoms with Gasteiger partial charge in [-0.05, 0) is 45.2 Å². The summed E-state index contributed by atoms with van der Waals surface area (Å²) in [6.45, 7) is 5.98. The van der Waals surface area contributed by atoms with E-state index in [0.29, 0.717) is 6.04 Å². The molecule has 1 N–H and O–H groups in total. The summed E-state index contributed by atoms with van der Waals surface area (Å²) in [5.41, 5.74) is 2.47. The van der Waals surface area contributed by atoms with E-state index in [4.69, 9.17) is 0 Å². The van der Waals surface area contributed by atoms with E-state index in [1.54, 1.807) is 4.90 Å². The minimum absolute atomic E-state index is 0.00375. The van der Waals surface area contributed by atoms with Gasteiger partial charge in [0.2, 0.25) is 11.8 Å². The Balaban J connectivity index is 1.88. The van der Waals surface area contributed by atoms with Crippen molar-refractivity contribution in [2.75, 3.05) is 11.4 Å². The molecular weight excluding hydrogens is 252 g/mol.